The number of piperidine rings is 2. The number of carbonyl (C=O) groups excluding carboxylic acids is 2. The lowest BCUT2D eigenvalue weighted by Crippen LogP contribution is -2.52. The Morgan fingerprint density at radius 2 is 1.79 bits per heavy atom. The number of rotatable bonds is 4. The number of hydrogen-bond acceptors (Lipinski definition) is 6. The van der Waals surface area contributed by atoms with E-state index < -0.39 is 0 Å². The van der Waals surface area contributed by atoms with Crippen LogP contribution in [0.1, 0.15) is 32.6 Å². The van der Waals surface area contributed by atoms with Crippen molar-refractivity contribution in [2.24, 2.45) is 11.8 Å². The molecule has 9 nitrogen and oxygen atoms in total. The summed E-state index contributed by atoms with van der Waals surface area (Å²) < 4.78 is 0. The second-order valence-corrected chi connectivity index (χ2v) is 9.88. The number of aromatic amines is 1. The minimum Gasteiger partial charge on any atom is -0.353 e. The number of hydrogen-bond donors (Lipinski definition) is 1. The van der Waals surface area contributed by atoms with E-state index in [1.807, 2.05) is 11.0 Å². The number of likely N-dealkylation sites (tertiary alicyclic amines) is 2. The van der Waals surface area contributed by atoms with Crippen molar-refractivity contribution in [1.82, 2.24) is 29.7 Å². The first-order valence-electron chi connectivity index (χ1n) is 12.4. The SMILES string of the molecule is CC1CCCN(C(=O)C2CCN(C(=O)CN3CCN(c4nc[nH]c5nccc4-5)CC3)CC2)C1. The second-order valence-electron chi connectivity index (χ2n) is 9.88. The van der Waals surface area contributed by atoms with E-state index in [1.165, 1.54) is 6.42 Å². The number of anilines is 1. The molecule has 5 heterocycles. The van der Waals surface area contributed by atoms with Gasteiger partial charge in [-0.3, -0.25) is 14.5 Å². The summed E-state index contributed by atoms with van der Waals surface area (Å²) in [5.41, 5.74) is 1.04. The summed E-state index contributed by atoms with van der Waals surface area (Å²) in [4.78, 5) is 46.3. The molecule has 0 aromatic carbocycles. The number of carbonyl (C=O) groups is 2. The zero-order valence-corrected chi connectivity index (χ0v) is 19.6. The third-order valence-corrected chi connectivity index (χ3v) is 7.53. The Bertz CT molecular complexity index is 931. The summed E-state index contributed by atoms with van der Waals surface area (Å²) in [6, 6.07) is 1.99. The Morgan fingerprint density at radius 1 is 1.00 bits per heavy atom. The molecule has 1 N–H and O–H groups in total. The van der Waals surface area contributed by atoms with Crippen LogP contribution in [0.2, 0.25) is 0 Å². The molecule has 33 heavy (non-hydrogen) atoms. The Balaban J connectivity index is 1.07. The fraction of sp³-hybridized carbons (Fsp3) is 0.667. The predicted octanol–water partition coefficient (Wildman–Crippen LogP) is 1.53. The molecule has 3 fully saturated rings. The normalized spacial score (nSPS) is 23.3. The molecule has 0 radical (unpaired) electrons. The molecule has 9 heteroatoms. The summed E-state index contributed by atoms with van der Waals surface area (Å²) in [5, 5.41) is 0. The average Bonchev–Trinajstić information content (AvgIpc) is 3.33. The van der Waals surface area contributed by atoms with Crippen molar-refractivity contribution in [3.63, 3.8) is 0 Å². The van der Waals surface area contributed by atoms with Crippen LogP contribution in [0, 0.1) is 11.8 Å². The van der Waals surface area contributed by atoms with E-state index in [1.54, 1.807) is 12.5 Å². The van der Waals surface area contributed by atoms with Gasteiger partial charge in [-0.2, -0.15) is 0 Å². The van der Waals surface area contributed by atoms with Crippen LogP contribution < -0.4 is 4.90 Å². The van der Waals surface area contributed by atoms with Crippen LogP contribution in [-0.4, -0.2) is 100 Å². The van der Waals surface area contributed by atoms with Gasteiger partial charge >= 0.3 is 0 Å². The monoisotopic (exact) mass is 453 g/mol. The fourth-order valence-electron chi connectivity index (χ4n) is 5.54. The molecular formula is C24H35N7O2. The molecule has 1 atom stereocenters. The summed E-state index contributed by atoms with van der Waals surface area (Å²) >= 11 is 0. The Hall–Kier alpha value is -2.68. The van der Waals surface area contributed by atoms with Crippen LogP contribution in [0.5, 0.6) is 0 Å². The van der Waals surface area contributed by atoms with Crippen LogP contribution in [0.15, 0.2) is 18.6 Å². The molecule has 5 rings (SSSR count). The maximum absolute atomic E-state index is 12.9. The number of nitrogens with one attached hydrogen (secondary N) is 1. The van der Waals surface area contributed by atoms with E-state index in [2.05, 4.69) is 36.6 Å². The van der Waals surface area contributed by atoms with Gasteiger partial charge in [-0.15, -0.1) is 0 Å². The third kappa shape index (κ3) is 4.83. The summed E-state index contributed by atoms with van der Waals surface area (Å²) in [6.07, 6.45) is 7.42. The molecule has 1 unspecified atom stereocenters. The van der Waals surface area contributed by atoms with E-state index in [-0.39, 0.29) is 11.8 Å². The zero-order valence-electron chi connectivity index (χ0n) is 19.6. The van der Waals surface area contributed by atoms with Gasteiger partial charge in [-0.1, -0.05) is 6.92 Å². The van der Waals surface area contributed by atoms with Crippen molar-refractivity contribution < 1.29 is 9.59 Å². The van der Waals surface area contributed by atoms with Crippen molar-refractivity contribution in [1.29, 1.82) is 0 Å². The summed E-state index contributed by atoms with van der Waals surface area (Å²) in [6.45, 7) is 9.25. The van der Waals surface area contributed by atoms with Crippen molar-refractivity contribution in [2.75, 3.05) is 63.8 Å². The van der Waals surface area contributed by atoms with Gasteiger partial charge in [-0.05, 0) is 37.7 Å². The highest BCUT2D eigenvalue weighted by Gasteiger charge is 2.32. The molecule has 0 aliphatic carbocycles. The molecule has 0 saturated carbocycles. The van der Waals surface area contributed by atoms with E-state index >= 15 is 0 Å². The van der Waals surface area contributed by atoms with Gasteiger partial charge < -0.3 is 19.7 Å². The first-order chi connectivity index (χ1) is 16.1. The van der Waals surface area contributed by atoms with Crippen molar-refractivity contribution >= 4 is 17.6 Å². The fourth-order valence-corrected chi connectivity index (χ4v) is 5.54. The molecule has 0 bridgehead atoms. The highest BCUT2D eigenvalue weighted by Crippen LogP contribution is 2.28. The summed E-state index contributed by atoms with van der Waals surface area (Å²) in [5.74, 6) is 3.01. The number of aromatic nitrogens is 3. The lowest BCUT2D eigenvalue weighted by atomic mass is 9.92. The van der Waals surface area contributed by atoms with Gasteiger partial charge in [0.1, 0.15) is 11.6 Å². The molecule has 2 amide bonds. The van der Waals surface area contributed by atoms with Gasteiger partial charge in [-0.25, -0.2) is 9.97 Å². The van der Waals surface area contributed by atoms with E-state index in [4.69, 9.17) is 0 Å². The molecule has 5 aliphatic rings. The molecule has 5 aliphatic heterocycles. The third-order valence-electron chi connectivity index (χ3n) is 7.53. The largest absolute Gasteiger partial charge is 0.353 e. The number of piperazine rings is 1. The molecular weight excluding hydrogens is 418 g/mol. The standard InChI is InChI=1S/C24H35N7O2/c1-18-3-2-8-31(15-18)24(33)19-5-9-29(10-6-19)21(32)16-28-11-13-30(14-12-28)23-20-4-7-25-22(20)26-17-27-23/h4,7,17-19H,2-3,5-6,8-16H2,1H3,(H,25,26,27). The molecule has 0 aromatic rings. The second kappa shape index (κ2) is 9.67. The van der Waals surface area contributed by atoms with Crippen LogP contribution >= 0.6 is 0 Å². The molecule has 0 aromatic heterocycles. The maximum Gasteiger partial charge on any atom is 0.236 e. The topological polar surface area (TPSA) is 88.7 Å². The van der Waals surface area contributed by atoms with Gasteiger partial charge in [0.05, 0.1) is 18.4 Å². The van der Waals surface area contributed by atoms with Gasteiger partial charge in [0, 0.05) is 64.5 Å². The van der Waals surface area contributed by atoms with Crippen LogP contribution in [0.4, 0.5) is 5.82 Å². The van der Waals surface area contributed by atoms with Gasteiger partial charge in [0.25, 0.3) is 0 Å². The lowest BCUT2D eigenvalue weighted by molar-refractivity contribution is -0.142. The highest BCUT2D eigenvalue weighted by atomic mass is 16.2. The quantitative estimate of drug-likeness (QED) is 0.755. The number of fused-ring (bicyclic) bond motifs is 1. The number of amides is 2. The van der Waals surface area contributed by atoms with Crippen LogP contribution in [0.25, 0.3) is 11.4 Å². The molecule has 3 saturated heterocycles. The minimum absolute atomic E-state index is 0.0843. The van der Waals surface area contributed by atoms with Crippen molar-refractivity contribution in [2.45, 2.75) is 32.6 Å². The lowest BCUT2D eigenvalue weighted by Gasteiger charge is -2.39. The van der Waals surface area contributed by atoms with Crippen LogP contribution in [-0.2, 0) is 9.59 Å². The Morgan fingerprint density at radius 3 is 2.55 bits per heavy atom. The number of nitrogens with zero attached hydrogens (tertiary/aromatic N) is 6. The number of H-pyrrole nitrogens is 1. The minimum atomic E-state index is 0.0843. The first kappa shape index (κ1) is 22.1. The van der Waals surface area contributed by atoms with E-state index in [0.717, 1.165) is 75.7 Å². The average molecular weight is 454 g/mol. The molecule has 178 valence electrons. The Kier molecular flexibility index (Phi) is 6.48. The van der Waals surface area contributed by atoms with E-state index in [0.29, 0.717) is 31.5 Å². The maximum atomic E-state index is 12.9. The summed E-state index contributed by atoms with van der Waals surface area (Å²) in [7, 11) is 0. The van der Waals surface area contributed by atoms with E-state index in [9.17, 15) is 9.59 Å². The van der Waals surface area contributed by atoms with Crippen molar-refractivity contribution in [3.05, 3.63) is 18.6 Å². The first-order valence-corrected chi connectivity index (χ1v) is 12.4. The molecule has 0 spiro atoms. The van der Waals surface area contributed by atoms with Gasteiger partial charge in [0.2, 0.25) is 11.8 Å². The predicted molar refractivity (Wildman–Crippen MR) is 126 cm³/mol. The smallest absolute Gasteiger partial charge is 0.236 e. The zero-order chi connectivity index (χ0) is 22.8. The van der Waals surface area contributed by atoms with Crippen molar-refractivity contribution in [3.8, 4) is 11.4 Å². The highest BCUT2D eigenvalue weighted by molar-refractivity contribution is 5.81. The Labute approximate surface area is 195 Å². The van der Waals surface area contributed by atoms with Gasteiger partial charge in [0.15, 0.2) is 0 Å². The van der Waals surface area contributed by atoms with Crippen LogP contribution in [0.3, 0.4) is 0 Å².